The maximum Gasteiger partial charge on any atom is 0.353 e. The minimum Gasteiger partial charge on any atom is -0.380 e. The first-order valence-corrected chi connectivity index (χ1v) is 5.74. The molecule has 0 saturated carbocycles. The van der Waals surface area contributed by atoms with E-state index in [9.17, 15) is 9.36 Å². The van der Waals surface area contributed by atoms with Crippen molar-refractivity contribution < 1.29 is 29.5 Å². The third-order valence-electron chi connectivity index (χ3n) is 2.16. The summed E-state index contributed by atoms with van der Waals surface area (Å²) in [5.41, 5.74) is 0. The molecule has 0 aromatic carbocycles. The van der Waals surface area contributed by atoms with E-state index in [1.807, 2.05) is 0 Å². The summed E-state index contributed by atoms with van der Waals surface area (Å²) in [6.07, 6.45) is 0.119. The lowest BCUT2D eigenvalue weighted by Crippen LogP contribution is -2.32. The minimum atomic E-state index is -4.55. The summed E-state index contributed by atoms with van der Waals surface area (Å²) in [6, 6.07) is -0.704. The van der Waals surface area contributed by atoms with Crippen molar-refractivity contribution >= 4 is 13.5 Å². The second-order valence-electron chi connectivity index (χ2n) is 3.24. The fourth-order valence-corrected chi connectivity index (χ4v) is 1.85. The maximum absolute atomic E-state index is 10.8. The first-order chi connectivity index (χ1) is 6.32. The van der Waals surface area contributed by atoms with Crippen molar-refractivity contribution in [3.05, 3.63) is 0 Å². The highest BCUT2D eigenvalue weighted by Gasteiger charge is 2.36. The average Bonchev–Trinajstić information content (AvgIpc) is 2.34. The van der Waals surface area contributed by atoms with Crippen molar-refractivity contribution in [2.75, 3.05) is 0 Å². The Labute approximate surface area is 80.1 Å². The summed E-state index contributed by atoms with van der Waals surface area (Å²) in [7, 11) is -4.55. The van der Waals surface area contributed by atoms with Gasteiger partial charge in [0.2, 0.25) is 5.91 Å². The van der Waals surface area contributed by atoms with E-state index in [1.165, 1.54) is 0 Å². The Kier molecular flexibility index (Phi) is 3.28. The summed E-state index contributed by atoms with van der Waals surface area (Å²) in [5.74, 6) is -2.32. The van der Waals surface area contributed by atoms with E-state index in [0.29, 0.717) is 11.5 Å². The highest BCUT2D eigenvalue weighted by molar-refractivity contribution is 7.52. The van der Waals surface area contributed by atoms with Crippen LogP contribution in [0.5, 0.6) is 0 Å². The summed E-state index contributed by atoms with van der Waals surface area (Å²) >= 11 is 0. The van der Waals surface area contributed by atoms with Crippen LogP contribution in [0.15, 0.2) is 0 Å². The molecule has 1 aliphatic heterocycles. The highest BCUT2D eigenvalue weighted by Crippen LogP contribution is 2.42. The number of rotatable bonds is 3. The fourth-order valence-electron chi connectivity index (χ4n) is 1.33. The van der Waals surface area contributed by atoms with Gasteiger partial charge in [0.25, 0.3) is 0 Å². The van der Waals surface area contributed by atoms with Crippen LogP contribution in [0.25, 0.3) is 0 Å². The lowest BCUT2D eigenvalue weighted by Gasteiger charge is -2.20. The van der Waals surface area contributed by atoms with Crippen LogP contribution in [-0.4, -0.2) is 43.0 Å². The molecule has 1 aliphatic rings. The summed E-state index contributed by atoms with van der Waals surface area (Å²) in [6.45, 7) is 0. The molecule has 2 unspecified atom stereocenters. The molecule has 0 bridgehead atoms. The minimum absolute atomic E-state index is 0.134. The molecular weight excluding hydrogens is 213 g/mol. The molecule has 82 valence electrons. The van der Waals surface area contributed by atoms with Crippen molar-refractivity contribution in [2.24, 2.45) is 0 Å². The number of hydrogen-bond donors (Lipinski definition) is 4. The van der Waals surface area contributed by atoms with E-state index in [1.54, 1.807) is 0 Å². The van der Waals surface area contributed by atoms with Crippen molar-refractivity contribution in [1.82, 2.24) is 5.06 Å². The zero-order chi connectivity index (χ0) is 10.9. The number of carbonyl (C=O) groups excluding carboxylic acids is 1. The van der Waals surface area contributed by atoms with Gasteiger partial charge in [-0.05, 0) is 6.42 Å². The number of carbonyl (C=O) groups is 1. The molecule has 14 heavy (non-hydrogen) atoms. The number of amides is 1. The smallest absolute Gasteiger partial charge is 0.353 e. The number of aliphatic hydroxyl groups excluding tert-OH is 1. The molecule has 0 spiro atoms. The van der Waals surface area contributed by atoms with Crippen LogP contribution in [0.4, 0.5) is 0 Å². The molecule has 1 heterocycles. The molecule has 2 atom stereocenters. The topological polar surface area (TPSA) is 118 Å². The Morgan fingerprint density at radius 3 is 2.50 bits per heavy atom. The van der Waals surface area contributed by atoms with Gasteiger partial charge < -0.3 is 14.9 Å². The first-order valence-electron chi connectivity index (χ1n) is 4.06. The lowest BCUT2D eigenvalue weighted by atomic mass is 10.2. The number of hydroxylamine groups is 2. The van der Waals surface area contributed by atoms with E-state index in [2.05, 4.69) is 0 Å². The van der Waals surface area contributed by atoms with Crippen molar-refractivity contribution in [3.63, 3.8) is 0 Å². The quantitative estimate of drug-likeness (QED) is 0.371. The molecule has 1 amide bonds. The number of aliphatic hydroxyl groups is 1. The molecular formula is C6H12NO6P. The van der Waals surface area contributed by atoms with E-state index in [4.69, 9.17) is 20.1 Å². The normalized spacial score (nSPS) is 25.6. The largest absolute Gasteiger partial charge is 0.380 e. The SMILES string of the molecule is O=C1CCC(CC(O)P(=O)(O)O)N1O. The van der Waals surface area contributed by atoms with Crippen LogP contribution in [0.2, 0.25) is 0 Å². The van der Waals surface area contributed by atoms with Gasteiger partial charge in [-0.15, -0.1) is 0 Å². The molecule has 0 radical (unpaired) electrons. The van der Waals surface area contributed by atoms with Gasteiger partial charge in [-0.2, -0.15) is 0 Å². The van der Waals surface area contributed by atoms with Crippen molar-refractivity contribution in [1.29, 1.82) is 0 Å². The Bertz CT molecular complexity index is 275. The summed E-state index contributed by atoms with van der Waals surface area (Å²) < 4.78 is 10.6. The van der Waals surface area contributed by atoms with E-state index < -0.39 is 25.4 Å². The Morgan fingerprint density at radius 2 is 2.14 bits per heavy atom. The Balaban J connectivity index is 2.54. The van der Waals surface area contributed by atoms with Crippen molar-refractivity contribution in [2.45, 2.75) is 31.1 Å². The molecule has 1 rings (SSSR count). The van der Waals surface area contributed by atoms with E-state index in [0.717, 1.165) is 0 Å². The van der Waals surface area contributed by atoms with Crippen LogP contribution in [-0.2, 0) is 9.36 Å². The van der Waals surface area contributed by atoms with Gasteiger partial charge in [0.05, 0.1) is 6.04 Å². The van der Waals surface area contributed by atoms with Gasteiger partial charge in [0.1, 0.15) is 0 Å². The second-order valence-corrected chi connectivity index (χ2v) is 5.01. The zero-order valence-electron chi connectivity index (χ0n) is 7.28. The average molecular weight is 225 g/mol. The molecule has 8 heteroatoms. The van der Waals surface area contributed by atoms with E-state index >= 15 is 0 Å². The molecule has 1 fully saturated rings. The van der Waals surface area contributed by atoms with Crippen LogP contribution in [0.3, 0.4) is 0 Å². The predicted octanol–water partition coefficient (Wildman–Crippen LogP) is -0.747. The van der Waals surface area contributed by atoms with Gasteiger partial charge in [-0.1, -0.05) is 0 Å². The van der Waals surface area contributed by atoms with Crippen LogP contribution in [0.1, 0.15) is 19.3 Å². The maximum atomic E-state index is 10.8. The van der Waals surface area contributed by atoms with Gasteiger partial charge in [-0.25, -0.2) is 5.06 Å². The monoisotopic (exact) mass is 225 g/mol. The Morgan fingerprint density at radius 1 is 1.57 bits per heavy atom. The second kappa shape index (κ2) is 3.96. The van der Waals surface area contributed by atoms with Gasteiger partial charge in [0.15, 0.2) is 5.85 Å². The summed E-state index contributed by atoms with van der Waals surface area (Å²) in [4.78, 5) is 28.0. The predicted molar refractivity (Wildman–Crippen MR) is 44.3 cm³/mol. The standard InChI is InChI=1S/C6H12NO6P/c8-5-2-1-4(7(5)10)3-6(9)14(11,12)13/h4,6,9-10H,1-3H2,(H2,11,12,13). The molecule has 1 saturated heterocycles. The van der Waals surface area contributed by atoms with Gasteiger partial charge in [-0.3, -0.25) is 14.6 Å². The lowest BCUT2D eigenvalue weighted by molar-refractivity contribution is -0.166. The number of nitrogens with zero attached hydrogens (tertiary/aromatic N) is 1. The molecule has 7 nitrogen and oxygen atoms in total. The molecule has 0 aromatic heterocycles. The van der Waals surface area contributed by atoms with Gasteiger partial charge >= 0.3 is 7.60 Å². The van der Waals surface area contributed by atoms with E-state index in [-0.39, 0.29) is 12.8 Å². The van der Waals surface area contributed by atoms with Crippen LogP contribution < -0.4 is 0 Å². The first kappa shape index (κ1) is 11.6. The third-order valence-corrected chi connectivity index (χ3v) is 3.15. The fraction of sp³-hybridized carbons (Fsp3) is 0.833. The number of hydrogen-bond acceptors (Lipinski definition) is 4. The molecule has 0 aromatic rings. The van der Waals surface area contributed by atoms with Gasteiger partial charge in [0, 0.05) is 12.8 Å². The molecule has 4 N–H and O–H groups in total. The van der Waals surface area contributed by atoms with Crippen LogP contribution >= 0.6 is 7.60 Å². The van der Waals surface area contributed by atoms with Crippen LogP contribution in [0, 0.1) is 0 Å². The Hall–Kier alpha value is -0.460. The summed E-state index contributed by atoms with van der Waals surface area (Å²) in [5, 5.41) is 18.6. The van der Waals surface area contributed by atoms with Crippen molar-refractivity contribution in [3.8, 4) is 0 Å². The molecule has 0 aliphatic carbocycles. The highest BCUT2D eigenvalue weighted by atomic mass is 31.2. The zero-order valence-corrected chi connectivity index (χ0v) is 8.17. The third kappa shape index (κ3) is 2.52.